The maximum Gasteiger partial charge on any atom is 0.187 e. The molecule has 0 bridgehead atoms. The minimum absolute atomic E-state index is 0.754. The quantitative estimate of drug-likeness (QED) is 0.673. The summed E-state index contributed by atoms with van der Waals surface area (Å²) < 4.78 is 0.906. The Bertz CT molecular complexity index is 442. The van der Waals surface area contributed by atoms with E-state index in [0.29, 0.717) is 0 Å². The van der Waals surface area contributed by atoms with E-state index in [4.69, 9.17) is 0 Å². The Kier molecular flexibility index (Phi) is 2.83. The fourth-order valence-corrected chi connectivity index (χ4v) is 1.78. The van der Waals surface area contributed by atoms with Crippen molar-refractivity contribution >= 4 is 27.7 Å². The molecule has 2 heterocycles. The molecule has 6 heteroatoms. The predicted octanol–water partition coefficient (Wildman–Crippen LogP) is 2.35. The van der Waals surface area contributed by atoms with Gasteiger partial charge >= 0.3 is 0 Å². The molecule has 2 aromatic heterocycles. The van der Waals surface area contributed by atoms with E-state index in [1.807, 2.05) is 12.3 Å². The molecular formula is C8H7BrN4S. The van der Waals surface area contributed by atoms with Gasteiger partial charge in [-0.05, 0) is 28.3 Å². The number of rotatable bonds is 2. The fourth-order valence-electron chi connectivity index (χ4n) is 1.03. The average molecular weight is 271 g/mol. The molecule has 0 saturated carbocycles. The van der Waals surface area contributed by atoms with Gasteiger partial charge in [-0.1, -0.05) is 11.8 Å². The standard InChI is InChI=1S/C8H7BrN4S/c1-14-8-10-3-2-6(12-8)7-5(9)4-11-13-7/h2-4H,1H3,(H,11,13). The van der Waals surface area contributed by atoms with Crippen LogP contribution in [0.1, 0.15) is 0 Å². The number of aromatic nitrogens is 4. The second-order valence-corrected chi connectivity index (χ2v) is 4.15. The van der Waals surface area contributed by atoms with Crippen LogP contribution < -0.4 is 0 Å². The van der Waals surface area contributed by atoms with Crippen LogP contribution in [0.15, 0.2) is 28.1 Å². The second kappa shape index (κ2) is 4.10. The van der Waals surface area contributed by atoms with Crippen molar-refractivity contribution in [3.63, 3.8) is 0 Å². The number of halogens is 1. The molecule has 0 fully saturated rings. The lowest BCUT2D eigenvalue weighted by atomic mass is 10.3. The maximum atomic E-state index is 4.35. The van der Waals surface area contributed by atoms with Gasteiger partial charge in [0.15, 0.2) is 5.16 Å². The summed E-state index contributed by atoms with van der Waals surface area (Å²) in [5.74, 6) is 0. The summed E-state index contributed by atoms with van der Waals surface area (Å²) in [6.07, 6.45) is 5.39. The van der Waals surface area contributed by atoms with E-state index in [1.54, 1.807) is 12.4 Å². The number of hydrogen-bond acceptors (Lipinski definition) is 4. The van der Waals surface area contributed by atoms with E-state index < -0.39 is 0 Å². The van der Waals surface area contributed by atoms with E-state index in [2.05, 4.69) is 36.1 Å². The lowest BCUT2D eigenvalue weighted by Gasteiger charge is -1.99. The monoisotopic (exact) mass is 270 g/mol. The van der Waals surface area contributed by atoms with Crippen molar-refractivity contribution < 1.29 is 0 Å². The van der Waals surface area contributed by atoms with Crippen molar-refractivity contribution in [2.75, 3.05) is 6.26 Å². The first-order valence-electron chi connectivity index (χ1n) is 3.87. The van der Waals surface area contributed by atoms with Crippen LogP contribution in [0.3, 0.4) is 0 Å². The van der Waals surface area contributed by atoms with Gasteiger partial charge < -0.3 is 0 Å². The molecular weight excluding hydrogens is 264 g/mol. The van der Waals surface area contributed by atoms with E-state index >= 15 is 0 Å². The third-order valence-corrected chi connectivity index (χ3v) is 2.83. The molecule has 0 unspecified atom stereocenters. The maximum absolute atomic E-state index is 4.35. The minimum Gasteiger partial charge on any atom is -0.275 e. The molecule has 2 aromatic rings. The van der Waals surface area contributed by atoms with Gasteiger partial charge in [-0.3, -0.25) is 5.10 Å². The number of H-pyrrole nitrogens is 1. The molecule has 0 spiro atoms. The molecule has 2 rings (SSSR count). The summed E-state index contributed by atoms with van der Waals surface area (Å²) in [5, 5.41) is 7.54. The highest BCUT2D eigenvalue weighted by Gasteiger charge is 2.07. The lowest BCUT2D eigenvalue weighted by Crippen LogP contribution is -1.89. The molecule has 0 radical (unpaired) electrons. The zero-order chi connectivity index (χ0) is 9.97. The highest BCUT2D eigenvalue weighted by molar-refractivity contribution is 9.10. The third kappa shape index (κ3) is 1.80. The predicted molar refractivity (Wildman–Crippen MR) is 59.1 cm³/mol. The van der Waals surface area contributed by atoms with Crippen LogP contribution in [0.25, 0.3) is 11.4 Å². The summed E-state index contributed by atoms with van der Waals surface area (Å²) in [7, 11) is 0. The molecule has 72 valence electrons. The van der Waals surface area contributed by atoms with E-state index in [1.165, 1.54) is 11.8 Å². The molecule has 1 N–H and O–H groups in total. The third-order valence-electron chi connectivity index (χ3n) is 1.67. The highest BCUT2D eigenvalue weighted by Crippen LogP contribution is 2.24. The van der Waals surface area contributed by atoms with Gasteiger partial charge in [0.05, 0.1) is 22.1 Å². The zero-order valence-electron chi connectivity index (χ0n) is 7.36. The normalized spacial score (nSPS) is 10.4. The number of nitrogens with zero attached hydrogens (tertiary/aromatic N) is 3. The zero-order valence-corrected chi connectivity index (χ0v) is 9.76. The smallest absolute Gasteiger partial charge is 0.187 e. The Morgan fingerprint density at radius 2 is 2.36 bits per heavy atom. The Labute approximate surface area is 93.7 Å². The number of hydrogen-bond donors (Lipinski definition) is 1. The van der Waals surface area contributed by atoms with Gasteiger partial charge in [0.2, 0.25) is 0 Å². The molecule has 0 saturated heterocycles. The van der Waals surface area contributed by atoms with Crippen molar-refractivity contribution in [3.8, 4) is 11.4 Å². The van der Waals surface area contributed by atoms with Crippen LogP contribution in [-0.2, 0) is 0 Å². The molecule has 0 aromatic carbocycles. The molecule has 0 aliphatic heterocycles. The van der Waals surface area contributed by atoms with E-state index in [0.717, 1.165) is 21.0 Å². The Balaban J connectivity index is 2.47. The molecule has 0 aliphatic carbocycles. The molecule has 14 heavy (non-hydrogen) atoms. The summed E-state index contributed by atoms with van der Waals surface area (Å²) in [6.45, 7) is 0. The lowest BCUT2D eigenvalue weighted by molar-refractivity contribution is 0.966. The van der Waals surface area contributed by atoms with Gasteiger partial charge in [0, 0.05) is 6.20 Å². The molecule has 0 aliphatic rings. The summed E-state index contributed by atoms with van der Waals surface area (Å²) >= 11 is 4.90. The van der Waals surface area contributed by atoms with Crippen LogP contribution in [-0.4, -0.2) is 26.4 Å². The molecule has 4 nitrogen and oxygen atoms in total. The van der Waals surface area contributed by atoms with Gasteiger partial charge in [-0.15, -0.1) is 0 Å². The van der Waals surface area contributed by atoms with Crippen molar-refractivity contribution in [1.82, 2.24) is 20.2 Å². The first-order chi connectivity index (χ1) is 6.81. The molecule has 0 atom stereocenters. The van der Waals surface area contributed by atoms with Crippen molar-refractivity contribution in [1.29, 1.82) is 0 Å². The van der Waals surface area contributed by atoms with Crippen LogP contribution in [0, 0.1) is 0 Å². The van der Waals surface area contributed by atoms with Crippen LogP contribution in [0.2, 0.25) is 0 Å². The first-order valence-corrected chi connectivity index (χ1v) is 5.89. The number of nitrogens with one attached hydrogen (secondary N) is 1. The fraction of sp³-hybridized carbons (Fsp3) is 0.125. The summed E-state index contributed by atoms with van der Waals surface area (Å²) in [5.41, 5.74) is 1.72. The van der Waals surface area contributed by atoms with Crippen molar-refractivity contribution in [2.24, 2.45) is 0 Å². The van der Waals surface area contributed by atoms with E-state index in [-0.39, 0.29) is 0 Å². The second-order valence-electron chi connectivity index (χ2n) is 2.52. The summed E-state index contributed by atoms with van der Waals surface area (Å²) in [4.78, 5) is 8.44. The highest BCUT2D eigenvalue weighted by atomic mass is 79.9. The summed E-state index contributed by atoms with van der Waals surface area (Å²) in [6, 6.07) is 1.85. The van der Waals surface area contributed by atoms with Crippen molar-refractivity contribution in [3.05, 3.63) is 22.9 Å². The van der Waals surface area contributed by atoms with Crippen molar-refractivity contribution in [2.45, 2.75) is 5.16 Å². The van der Waals surface area contributed by atoms with Crippen LogP contribution in [0.5, 0.6) is 0 Å². The number of thioether (sulfide) groups is 1. The minimum atomic E-state index is 0.754. The average Bonchev–Trinajstić information content (AvgIpc) is 2.65. The largest absolute Gasteiger partial charge is 0.275 e. The number of aromatic amines is 1. The van der Waals surface area contributed by atoms with Gasteiger partial charge in [-0.25, -0.2) is 9.97 Å². The van der Waals surface area contributed by atoms with Gasteiger partial charge in [-0.2, -0.15) is 5.10 Å². The Morgan fingerprint density at radius 1 is 1.50 bits per heavy atom. The van der Waals surface area contributed by atoms with Gasteiger partial charge in [0.1, 0.15) is 0 Å². The molecule has 0 amide bonds. The first kappa shape index (κ1) is 9.67. The Morgan fingerprint density at radius 3 is 3.00 bits per heavy atom. The Hall–Kier alpha value is -0.880. The van der Waals surface area contributed by atoms with E-state index in [9.17, 15) is 0 Å². The van der Waals surface area contributed by atoms with Gasteiger partial charge in [0.25, 0.3) is 0 Å². The SMILES string of the molecule is CSc1nccc(-c2[nH]ncc2Br)n1. The topological polar surface area (TPSA) is 54.5 Å². The van der Waals surface area contributed by atoms with Crippen LogP contribution in [0.4, 0.5) is 0 Å². The van der Waals surface area contributed by atoms with Crippen LogP contribution >= 0.6 is 27.7 Å².